The van der Waals surface area contributed by atoms with E-state index >= 15 is 0 Å². The lowest BCUT2D eigenvalue weighted by molar-refractivity contribution is -0.149. The summed E-state index contributed by atoms with van der Waals surface area (Å²) in [6.07, 6.45) is 1.25. The number of benzene rings is 1. The van der Waals surface area contributed by atoms with Crippen molar-refractivity contribution in [2.24, 2.45) is 0 Å². The van der Waals surface area contributed by atoms with Crippen LogP contribution in [0.1, 0.15) is 34.7 Å². The minimum Gasteiger partial charge on any atom is -0.507 e. The first-order valence-electron chi connectivity index (χ1n) is 7.74. The predicted octanol–water partition coefficient (Wildman–Crippen LogP) is 2.04. The smallest absolute Gasteiger partial charge is 0.329 e. The lowest BCUT2D eigenvalue weighted by Gasteiger charge is -2.23. The van der Waals surface area contributed by atoms with Crippen LogP contribution in [0.4, 0.5) is 0 Å². The number of carbonyl (C=O) groups excluding carboxylic acids is 2. The first-order chi connectivity index (χ1) is 11.6. The van der Waals surface area contributed by atoms with Gasteiger partial charge in [-0.3, -0.25) is 4.79 Å². The predicted molar refractivity (Wildman–Crippen MR) is 83.2 cm³/mol. The third-order valence-electron chi connectivity index (χ3n) is 3.96. The number of para-hydroxylation sites is 1. The maximum absolute atomic E-state index is 12.6. The molecule has 1 saturated heterocycles. The molecule has 1 N–H and O–H groups in total. The van der Waals surface area contributed by atoms with Crippen LogP contribution in [0.5, 0.6) is 5.75 Å². The average molecular weight is 330 g/mol. The first-order valence-corrected chi connectivity index (χ1v) is 7.74. The number of nitrogens with zero attached hydrogens (tertiary/aromatic N) is 2. The highest BCUT2D eigenvalue weighted by Gasteiger charge is 2.36. The topological polar surface area (TPSA) is 92.9 Å². The van der Waals surface area contributed by atoms with Crippen LogP contribution in [0.25, 0.3) is 0 Å². The van der Waals surface area contributed by atoms with Crippen molar-refractivity contribution in [2.75, 3.05) is 6.54 Å². The van der Waals surface area contributed by atoms with Crippen molar-refractivity contribution in [3.63, 3.8) is 0 Å². The molecule has 0 radical (unpaired) electrons. The summed E-state index contributed by atoms with van der Waals surface area (Å²) < 4.78 is 10.2. The Balaban J connectivity index is 1.67. The number of phenols is 1. The number of aromatic nitrogens is 1. The molecule has 1 aromatic carbocycles. The Morgan fingerprint density at radius 1 is 1.42 bits per heavy atom. The molecule has 1 aliphatic rings. The number of hydrogen-bond acceptors (Lipinski definition) is 6. The van der Waals surface area contributed by atoms with Gasteiger partial charge in [0.2, 0.25) is 0 Å². The fraction of sp³-hybridized carbons (Fsp3) is 0.353. The molecule has 1 aromatic heterocycles. The quantitative estimate of drug-likeness (QED) is 0.862. The molecule has 1 aliphatic heterocycles. The van der Waals surface area contributed by atoms with Gasteiger partial charge in [0.15, 0.2) is 0 Å². The van der Waals surface area contributed by atoms with Gasteiger partial charge in [0.05, 0.1) is 5.56 Å². The molecule has 2 heterocycles. The van der Waals surface area contributed by atoms with Crippen LogP contribution in [0, 0.1) is 6.92 Å². The summed E-state index contributed by atoms with van der Waals surface area (Å²) in [5.41, 5.74) is 0.710. The number of phenolic OH excluding ortho intramolecular Hbond substituents is 1. The van der Waals surface area contributed by atoms with Crippen LogP contribution in [-0.4, -0.2) is 39.6 Å². The van der Waals surface area contributed by atoms with Crippen LogP contribution >= 0.6 is 0 Å². The number of aromatic hydroxyl groups is 1. The second kappa shape index (κ2) is 6.74. The highest BCUT2D eigenvalue weighted by atomic mass is 16.5. The van der Waals surface area contributed by atoms with E-state index in [0.29, 0.717) is 30.8 Å². The molecule has 1 amide bonds. The summed E-state index contributed by atoms with van der Waals surface area (Å²) in [4.78, 5) is 26.4. The number of hydrogen-bond donors (Lipinski definition) is 1. The van der Waals surface area contributed by atoms with Gasteiger partial charge < -0.3 is 19.3 Å². The number of ether oxygens (including phenoxy) is 1. The molecule has 2 aromatic rings. The van der Waals surface area contributed by atoms with Gasteiger partial charge in [-0.2, -0.15) is 0 Å². The molecule has 126 valence electrons. The number of aryl methyl sites for hydroxylation is 1. The van der Waals surface area contributed by atoms with Gasteiger partial charge in [-0.25, -0.2) is 4.79 Å². The summed E-state index contributed by atoms with van der Waals surface area (Å²) >= 11 is 0. The van der Waals surface area contributed by atoms with Crippen LogP contribution in [0.3, 0.4) is 0 Å². The van der Waals surface area contributed by atoms with E-state index in [9.17, 15) is 14.7 Å². The Kier molecular flexibility index (Phi) is 4.50. The van der Waals surface area contributed by atoms with Gasteiger partial charge in [0, 0.05) is 12.6 Å². The first kappa shape index (κ1) is 16.0. The maximum Gasteiger partial charge on any atom is 0.329 e. The van der Waals surface area contributed by atoms with Crippen molar-refractivity contribution < 1.29 is 24.0 Å². The lowest BCUT2D eigenvalue weighted by Crippen LogP contribution is -2.41. The van der Waals surface area contributed by atoms with E-state index in [0.717, 1.165) is 0 Å². The molecule has 7 nitrogen and oxygen atoms in total. The van der Waals surface area contributed by atoms with Crippen LogP contribution in [-0.2, 0) is 16.1 Å². The number of esters is 1. The van der Waals surface area contributed by atoms with Crippen LogP contribution in [0.2, 0.25) is 0 Å². The van der Waals surface area contributed by atoms with Crippen molar-refractivity contribution in [2.45, 2.75) is 32.4 Å². The van der Waals surface area contributed by atoms with Crippen LogP contribution in [0.15, 0.2) is 34.9 Å². The normalized spacial score (nSPS) is 17.0. The number of likely N-dealkylation sites (tertiary alicyclic amines) is 1. The number of carbonyl (C=O) groups is 2. The Morgan fingerprint density at radius 3 is 2.92 bits per heavy atom. The van der Waals surface area contributed by atoms with Crippen molar-refractivity contribution in [3.8, 4) is 5.75 Å². The molecule has 0 spiro atoms. The maximum atomic E-state index is 12.6. The SMILES string of the molecule is Cc1cc(COC(=O)C2CCCN2C(=O)c2ccccc2O)no1. The van der Waals surface area contributed by atoms with E-state index in [1.165, 1.54) is 17.0 Å². The number of rotatable bonds is 4. The highest BCUT2D eigenvalue weighted by Crippen LogP contribution is 2.25. The van der Waals surface area contributed by atoms with Crippen molar-refractivity contribution in [3.05, 3.63) is 47.3 Å². The Bertz CT molecular complexity index is 755. The Hall–Kier alpha value is -2.83. The Labute approximate surface area is 138 Å². The molecule has 24 heavy (non-hydrogen) atoms. The van der Waals surface area contributed by atoms with Gasteiger partial charge >= 0.3 is 5.97 Å². The molecule has 1 atom stereocenters. The molecule has 0 saturated carbocycles. The van der Waals surface area contributed by atoms with E-state index in [2.05, 4.69) is 5.16 Å². The van der Waals surface area contributed by atoms with Crippen LogP contribution < -0.4 is 0 Å². The third-order valence-corrected chi connectivity index (χ3v) is 3.96. The second-order valence-corrected chi connectivity index (χ2v) is 5.71. The average Bonchev–Trinajstić information content (AvgIpc) is 3.21. The Morgan fingerprint density at radius 2 is 2.21 bits per heavy atom. The zero-order chi connectivity index (χ0) is 17.1. The summed E-state index contributed by atoms with van der Waals surface area (Å²) in [5, 5.41) is 13.6. The van der Waals surface area contributed by atoms with Gasteiger partial charge in [-0.1, -0.05) is 17.3 Å². The molecular weight excluding hydrogens is 312 g/mol. The zero-order valence-electron chi connectivity index (χ0n) is 13.3. The fourth-order valence-electron chi connectivity index (χ4n) is 2.79. The third kappa shape index (κ3) is 3.24. The summed E-state index contributed by atoms with van der Waals surface area (Å²) in [7, 11) is 0. The second-order valence-electron chi connectivity index (χ2n) is 5.71. The standard InChI is InChI=1S/C17H18N2O5/c1-11-9-12(18-24-11)10-23-17(22)14-6-4-8-19(14)16(21)13-5-2-3-7-15(13)20/h2-3,5,7,9,14,20H,4,6,8,10H2,1H3. The largest absolute Gasteiger partial charge is 0.507 e. The molecular formula is C17H18N2O5. The lowest BCUT2D eigenvalue weighted by atomic mass is 10.1. The molecule has 7 heteroatoms. The van der Waals surface area contributed by atoms with Crippen molar-refractivity contribution in [1.29, 1.82) is 0 Å². The fourth-order valence-corrected chi connectivity index (χ4v) is 2.79. The van der Waals surface area contributed by atoms with E-state index in [4.69, 9.17) is 9.26 Å². The summed E-state index contributed by atoms with van der Waals surface area (Å²) in [5.74, 6) is -0.306. The summed E-state index contributed by atoms with van der Waals surface area (Å²) in [6, 6.07) is 7.34. The van der Waals surface area contributed by atoms with E-state index < -0.39 is 12.0 Å². The molecule has 0 bridgehead atoms. The van der Waals surface area contributed by atoms with Crippen molar-refractivity contribution >= 4 is 11.9 Å². The highest BCUT2D eigenvalue weighted by molar-refractivity contribution is 5.99. The summed E-state index contributed by atoms with van der Waals surface area (Å²) in [6.45, 7) is 2.21. The zero-order valence-corrected chi connectivity index (χ0v) is 13.3. The van der Waals surface area contributed by atoms with E-state index in [1.54, 1.807) is 25.1 Å². The van der Waals surface area contributed by atoms with E-state index in [-0.39, 0.29) is 23.8 Å². The van der Waals surface area contributed by atoms with E-state index in [1.807, 2.05) is 0 Å². The molecule has 0 aliphatic carbocycles. The molecule has 1 unspecified atom stereocenters. The van der Waals surface area contributed by atoms with Crippen molar-refractivity contribution in [1.82, 2.24) is 10.1 Å². The van der Waals surface area contributed by atoms with Gasteiger partial charge in [-0.05, 0) is 31.9 Å². The molecule has 3 rings (SSSR count). The van der Waals surface area contributed by atoms with Gasteiger partial charge in [-0.15, -0.1) is 0 Å². The van der Waals surface area contributed by atoms with Gasteiger partial charge in [0.25, 0.3) is 5.91 Å². The molecule has 1 fully saturated rings. The monoisotopic (exact) mass is 330 g/mol. The van der Waals surface area contributed by atoms with Gasteiger partial charge in [0.1, 0.15) is 29.9 Å². The minimum atomic E-state index is -0.648. The minimum absolute atomic E-state index is 0.00525. The number of amides is 1.